The normalized spacial score (nSPS) is 11.0. The first kappa shape index (κ1) is 15.6. The van der Waals surface area contributed by atoms with Crippen LogP contribution < -0.4 is 5.32 Å². The van der Waals surface area contributed by atoms with Crippen LogP contribution in [0.4, 0.5) is 10.1 Å². The third kappa shape index (κ3) is 3.10. The molecule has 1 aromatic carbocycles. The maximum atomic E-state index is 13.7. The van der Waals surface area contributed by atoms with Crippen LogP contribution in [0.1, 0.15) is 41.6 Å². The van der Waals surface area contributed by atoms with Gasteiger partial charge in [-0.15, -0.1) is 0 Å². The molecule has 0 radical (unpaired) electrons. The standard InChI is InChI=1S/C16H18ClFN2O/c1-9(2)20-10(3)7-13(11(20)4)16(21)19-15-6-5-12(17)8-14(15)18/h5-9H,1-4H3,(H,19,21). The minimum atomic E-state index is -0.548. The van der Waals surface area contributed by atoms with E-state index >= 15 is 0 Å². The van der Waals surface area contributed by atoms with E-state index in [1.54, 1.807) is 0 Å². The van der Waals surface area contributed by atoms with E-state index < -0.39 is 5.82 Å². The highest BCUT2D eigenvalue weighted by atomic mass is 35.5. The van der Waals surface area contributed by atoms with Gasteiger partial charge in [-0.2, -0.15) is 0 Å². The molecule has 1 heterocycles. The molecule has 1 aromatic heterocycles. The van der Waals surface area contributed by atoms with E-state index in [0.29, 0.717) is 10.6 Å². The number of anilines is 1. The maximum Gasteiger partial charge on any atom is 0.257 e. The first-order chi connectivity index (χ1) is 9.81. The Hall–Kier alpha value is -1.81. The summed E-state index contributed by atoms with van der Waals surface area (Å²) >= 11 is 5.70. The third-order valence-corrected chi connectivity index (χ3v) is 3.66. The quantitative estimate of drug-likeness (QED) is 0.873. The molecule has 0 spiro atoms. The van der Waals surface area contributed by atoms with Crippen LogP contribution in [0.5, 0.6) is 0 Å². The number of carbonyl (C=O) groups is 1. The second-order valence-electron chi connectivity index (χ2n) is 5.33. The molecule has 0 aliphatic heterocycles. The molecule has 2 aromatic rings. The number of nitrogens with one attached hydrogen (secondary N) is 1. The fraction of sp³-hybridized carbons (Fsp3) is 0.312. The van der Waals surface area contributed by atoms with Gasteiger partial charge in [-0.25, -0.2) is 4.39 Å². The fourth-order valence-electron chi connectivity index (χ4n) is 2.58. The number of amides is 1. The summed E-state index contributed by atoms with van der Waals surface area (Å²) in [5.74, 6) is -0.871. The lowest BCUT2D eigenvalue weighted by atomic mass is 10.2. The van der Waals surface area contributed by atoms with Crippen molar-refractivity contribution in [2.75, 3.05) is 5.32 Å². The number of hydrogen-bond acceptors (Lipinski definition) is 1. The summed E-state index contributed by atoms with van der Waals surface area (Å²) in [6.07, 6.45) is 0. The number of rotatable bonds is 3. The zero-order valence-corrected chi connectivity index (χ0v) is 13.3. The van der Waals surface area contributed by atoms with Gasteiger partial charge in [-0.3, -0.25) is 4.79 Å². The average molecular weight is 309 g/mol. The molecule has 0 unspecified atom stereocenters. The van der Waals surface area contributed by atoms with Crippen molar-refractivity contribution < 1.29 is 9.18 Å². The van der Waals surface area contributed by atoms with Crippen molar-refractivity contribution in [1.29, 1.82) is 0 Å². The molecule has 0 saturated heterocycles. The summed E-state index contributed by atoms with van der Waals surface area (Å²) < 4.78 is 15.8. The number of aromatic nitrogens is 1. The molecule has 0 saturated carbocycles. The topological polar surface area (TPSA) is 34.0 Å². The maximum absolute atomic E-state index is 13.7. The van der Waals surface area contributed by atoms with Crippen molar-refractivity contribution in [3.63, 3.8) is 0 Å². The third-order valence-electron chi connectivity index (χ3n) is 3.42. The summed E-state index contributed by atoms with van der Waals surface area (Å²) in [5.41, 5.74) is 2.55. The Morgan fingerprint density at radius 2 is 1.95 bits per heavy atom. The molecule has 0 aliphatic rings. The second-order valence-corrected chi connectivity index (χ2v) is 5.76. The van der Waals surface area contributed by atoms with Crippen molar-refractivity contribution in [3.05, 3.63) is 52.1 Å². The van der Waals surface area contributed by atoms with Crippen molar-refractivity contribution in [2.45, 2.75) is 33.7 Å². The van der Waals surface area contributed by atoms with E-state index in [1.807, 2.05) is 19.9 Å². The van der Waals surface area contributed by atoms with Crippen LogP contribution in [0.15, 0.2) is 24.3 Å². The number of aryl methyl sites for hydroxylation is 1. The lowest BCUT2D eigenvalue weighted by Gasteiger charge is -2.13. The van der Waals surface area contributed by atoms with Crippen LogP contribution >= 0.6 is 11.6 Å². The number of hydrogen-bond donors (Lipinski definition) is 1. The smallest absolute Gasteiger partial charge is 0.257 e. The molecule has 5 heteroatoms. The van der Waals surface area contributed by atoms with Crippen molar-refractivity contribution >= 4 is 23.2 Å². The van der Waals surface area contributed by atoms with Crippen molar-refractivity contribution in [1.82, 2.24) is 4.57 Å². The summed E-state index contributed by atoms with van der Waals surface area (Å²) in [5, 5.41) is 2.88. The van der Waals surface area contributed by atoms with Gasteiger partial charge in [-0.05, 0) is 52.0 Å². The van der Waals surface area contributed by atoms with Gasteiger partial charge in [0.15, 0.2) is 0 Å². The van der Waals surface area contributed by atoms with E-state index in [4.69, 9.17) is 11.6 Å². The molecule has 0 fully saturated rings. The molecule has 2 rings (SSSR count). The zero-order valence-electron chi connectivity index (χ0n) is 12.5. The van der Waals surface area contributed by atoms with Gasteiger partial charge in [0.05, 0.1) is 11.3 Å². The Morgan fingerprint density at radius 1 is 1.29 bits per heavy atom. The largest absolute Gasteiger partial charge is 0.346 e. The Kier molecular flexibility index (Phi) is 4.37. The number of benzene rings is 1. The number of carbonyl (C=O) groups excluding carboxylic acids is 1. The second kappa shape index (κ2) is 5.90. The Balaban J connectivity index is 2.31. The van der Waals surface area contributed by atoms with Crippen LogP contribution in [0.3, 0.4) is 0 Å². The molecule has 1 amide bonds. The molecular formula is C16H18ClFN2O. The molecule has 0 bridgehead atoms. The predicted octanol–water partition coefficient (Wildman–Crippen LogP) is 4.73. The predicted molar refractivity (Wildman–Crippen MR) is 83.7 cm³/mol. The van der Waals surface area contributed by atoms with E-state index in [-0.39, 0.29) is 17.6 Å². The van der Waals surface area contributed by atoms with Crippen LogP contribution in [0.25, 0.3) is 0 Å². The van der Waals surface area contributed by atoms with E-state index in [0.717, 1.165) is 11.4 Å². The van der Waals surface area contributed by atoms with Crippen molar-refractivity contribution in [3.8, 4) is 0 Å². The van der Waals surface area contributed by atoms with Crippen LogP contribution in [0.2, 0.25) is 5.02 Å². The zero-order chi connectivity index (χ0) is 15.7. The Morgan fingerprint density at radius 3 is 2.48 bits per heavy atom. The molecule has 0 aliphatic carbocycles. The Bertz CT molecular complexity index is 692. The van der Waals surface area contributed by atoms with Crippen molar-refractivity contribution in [2.24, 2.45) is 0 Å². The lowest BCUT2D eigenvalue weighted by Crippen LogP contribution is -2.14. The Labute approximate surface area is 128 Å². The summed E-state index contributed by atoms with van der Waals surface area (Å²) in [6, 6.07) is 6.25. The summed E-state index contributed by atoms with van der Waals surface area (Å²) in [6.45, 7) is 7.95. The molecule has 21 heavy (non-hydrogen) atoms. The van der Waals surface area contributed by atoms with Crippen LogP contribution in [-0.2, 0) is 0 Å². The lowest BCUT2D eigenvalue weighted by molar-refractivity contribution is 0.102. The first-order valence-electron chi connectivity index (χ1n) is 6.76. The highest BCUT2D eigenvalue weighted by molar-refractivity contribution is 6.30. The monoisotopic (exact) mass is 308 g/mol. The minimum Gasteiger partial charge on any atom is -0.346 e. The SMILES string of the molecule is Cc1cc(C(=O)Nc2ccc(Cl)cc2F)c(C)n1C(C)C. The molecule has 3 nitrogen and oxygen atoms in total. The molecule has 0 atom stereocenters. The molecular weight excluding hydrogens is 291 g/mol. The van der Waals surface area contributed by atoms with Gasteiger partial charge in [-0.1, -0.05) is 11.6 Å². The average Bonchev–Trinajstić information content (AvgIpc) is 2.68. The van der Waals surface area contributed by atoms with Crippen LogP contribution in [0, 0.1) is 19.7 Å². The van der Waals surface area contributed by atoms with E-state index in [2.05, 4.69) is 23.7 Å². The van der Waals surface area contributed by atoms with E-state index in [9.17, 15) is 9.18 Å². The summed E-state index contributed by atoms with van der Waals surface area (Å²) in [4.78, 5) is 12.3. The summed E-state index contributed by atoms with van der Waals surface area (Å²) in [7, 11) is 0. The van der Waals surface area contributed by atoms with E-state index in [1.165, 1.54) is 18.2 Å². The molecule has 1 N–H and O–H groups in total. The highest BCUT2D eigenvalue weighted by Crippen LogP contribution is 2.23. The van der Waals surface area contributed by atoms with Crippen LogP contribution in [-0.4, -0.2) is 10.5 Å². The number of halogens is 2. The first-order valence-corrected chi connectivity index (χ1v) is 7.14. The fourth-order valence-corrected chi connectivity index (χ4v) is 2.74. The molecule has 112 valence electrons. The van der Waals surface area contributed by atoms with Gasteiger partial charge in [0.25, 0.3) is 5.91 Å². The van der Waals surface area contributed by atoms with Gasteiger partial charge in [0, 0.05) is 22.5 Å². The minimum absolute atomic E-state index is 0.124. The number of nitrogens with zero attached hydrogens (tertiary/aromatic N) is 1. The van der Waals surface area contributed by atoms with Gasteiger partial charge < -0.3 is 9.88 Å². The highest BCUT2D eigenvalue weighted by Gasteiger charge is 2.18. The van der Waals surface area contributed by atoms with Gasteiger partial charge >= 0.3 is 0 Å². The van der Waals surface area contributed by atoms with Gasteiger partial charge in [0.1, 0.15) is 5.82 Å². The van der Waals surface area contributed by atoms with Gasteiger partial charge in [0.2, 0.25) is 0 Å².